The molecule has 30 heavy (non-hydrogen) atoms. The Hall–Kier alpha value is -3.53. The molecule has 3 N–H and O–H groups in total. The summed E-state index contributed by atoms with van der Waals surface area (Å²) in [5.74, 6) is -2.67. The van der Waals surface area contributed by atoms with Crippen molar-refractivity contribution in [1.82, 2.24) is 15.3 Å². The third kappa shape index (κ3) is 5.98. The van der Waals surface area contributed by atoms with E-state index in [1.807, 2.05) is 19.1 Å². The van der Waals surface area contributed by atoms with Crippen LogP contribution in [0.2, 0.25) is 0 Å². The normalized spacial score (nSPS) is 10.4. The Morgan fingerprint density at radius 3 is 2.47 bits per heavy atom. The van der Waals surface area contributed by atoms with Crippen LogP contribution in [-0.4, -0.2) is 28.5 Å². The Morgan fingerprint density at radius 1 is 1.00 bits per heavy atom. The third-order valence-electron chi connectivity index (χ3n) is 3.81. The maximum Gasteiger partial charge on any atom is 0.319 e. The van der Waals surface area contributed by atoms with Crippen LogP contribution in [0.1, 0.15) is 5.56 Å². The van der Waals surface area contributed by atoms with Crippen LogP contribution in [0.3, 0.4) is 0 Å². The predicted molar refractivity (Wildman–Crippen MR) is 109 cm³/mol. The number of urea groups is 1. The van der Waals surface area contributed by atoms with E-state index in [2.05, 4.69) is 25.9 Å². The van der Waals surface area contributed by atoms with Gasteiger partial charge in [0, 0.05) is 34.7 Å². The maximum absolute atomic E-state index is 13.2. The van der Waals surface area contributed by atoms with E-state index < -0.39 is 23.6 Å². The molecule has 0 unspecified atom stereocenters. The minimum Gasteiger partial charge on any atom is -0.329 e. The minimum absolute atomic E-state index is 0.0902. The van der Waals surface area contributed by atoms with E-state index in [4.69, 9.17) is 0 Å². The number of amides is 3. The summed E-state index contributed by atoms with van der Waals surface area (Å²) in [7, 11) is 0. The van der Waals surface area contributed by atoms with Gasteiger partial charge in [0.2, 0.25) is 5.91 Å². The van der Waals surface area contributed by atoms with Crippen molar-refractivity contribution >= 4 is 35.1 Å². The van der Waals surface area contributed by atoms with E-state index >= 15 is 0 Å². The van der Waals surface area contributed by atoms with Gasteiger partial charge in [-0.15, -0.1) is 0 Å². The quantitative estimate of drug-likeness (QED) is 0.515. The van der Waals surface area contributed by atoms with Gasteiger partial charge >= 0.3 is 6.03 Å². The first-order valence-corrected chi connectivity index (χ1v) is 9.57. The molecule has 2 aromatic carbocycles. The largest absolute Gasteiger partial charge is 0.329 e. The van der Waals surface area contributed by atoms with Crippen LogP contribution in [0.15, 0.2) is 64.9 Å². The van der Waals surface area contributed by atoms with Crippen molar-refractivity contribution in [2.45, 2.75) is 17.0 Å². The molecule has 154 valence electrons. The van der Waals surface area contributed by atoms with Crippen LogP contribution in [0, 0.1) is 18.6 Å². The summed E-state index contributed by atoms with van der Waals surface area (Å²) in [6.07, 6.45) is 3.32. The molecule has 0 aliphatic heterocycles. The lowest BCUT2D eigenvalue weighted by atomic mass is 10.2. The molecule has 1 aromatic heterocycles. The number of hydrogen-bond acceptors (Lipinski definition) is 5. The van der Waals surface area contributed by atoms with Gasteiger partial charge in [0.05, 0.1) is 6.54 Å². The molecular formula is C20H17F2N5O2S. The number of nitrogens with one attached hydrogen (secondary N) is 3. The molecule has 0 saturated heterocycles. The number of halogens is 2. The first-order valence-electron chi connectivity index (χ1n) is 8.76. The van der Waals surface area contributed by atoms with E-state index in [0.717, 1.165) is 22.6 Å². The number of carbonyl (C=O) groups excluding carboxylic acids is 2. The molecule has 3 amide bonds. The predicted octanol–water partition coefficient (Wildman–Crippen LogP) is 3.97. The minimum atomic E-state index is -1.07. The highest BCUT2D eigenvalue weighted by atomic mass is 32.2. The lowest BCUT2D eigenvalue weighted by molar-refractivity contribution is -0.115. The van der Waals surface area contributed by atoms with E-state index in [1.165, 1.54) is 17.8 Å². The molecule has 10 heteroatoms. The molecule has 0 aliphatic carbocycles. The Kier molecular flexibility index (Phi) is 6.91. The van der Waals surface area contributed by atoms with Crippen molar-refractivity contribution in [2.24, 2.45) is 0 Å². The van der Waals surface area contributed by atoms with E-state index in [9.17, 15) is 18.4 Å². The number of rotatable bonds is 6. The number of aryl methyl sites for hydroxylation is 1. The fourth-order valence-electron chi connectivity index (χ4n) is 2.39. The van der Waals surface area contributed by atoms with Crippen molar-refractivity contribution in [3.63, 3.8) is 0 Å². The highest BCUT2D eigenvalue weighted by Crippen LogP contribution is 2.27. The lowest BCUT2D eigenvalue weighted by Gasteiger charge is -2.11. The summed E-state index contributed by atoms with van der Waals surface area (Å²) in [5, 5.41) is 8.04. The van der Waals surface area contributed by atoms with Gasteiger partial charge in [-0.2, -0.15) is 0 Å². The standard InChI is InChI=1S/C20H17F2N5O2S/c1-12-9-14(30-20-23-7-2-8-24-20)4-6-17(12)27-19(29)25-11-18(28)26-13-3-5-15(21)16(22)10-13/h2-10H,11H2,1H3,(H,26,28)(H2,25,27,29). The third-order valence-corrected chi connectivity index (χ3v) is 4.69. The topological polar surface area (TPSA) is 96.0 Å². The first-order chi connectivity index (χ1) is 14.4. The van der Waals surface area contributed by atoms with Crippen molar-refractivity contribution in [2.75, 3.05) is 17.2 Å². The monoisotopic (exact) mass is 429 g/mol. The Labute approximate surface area is 175 Å². The molecule has 0 fully saturated rings. The molecular weight excluding hydrogens is 412 g/mol. The highest BCUT2D eigenvalue weighted by Gasteiger charge is 2.10. The molecule has 0 radical (unpaired) electrons. The number of benzene rings is 2. The number of hydrogen-bond donors (Lipinski definition) is 3. The molecule has 3 aromatic rings. The van der Waals surface area contributed by atoms with Crippen molar-refractivity contribution in [3.8, 4) is 0 Å². The van der Waals surface area contributed by atoms with Crippen LogP contribution in [0.4, 0.5) is 25.0 Å². The van der Waals surface area contributed by atoms with Crippen LogP contribution in [-0.2, 0) is 4.79 Å². The number of carbonyl (C=O) groups is 2. The van der Waals surface area contributed by atoms with Crippen LogP contribution in [0.25, 0.3) is 0 Å². The number of aromatic nitrogens is 2. The SMILES string of the molecule is Cc1cc(Sc2ncccn2)ccc1NC(=O)NCC(=O)Nc1ccc(F)c(F)c1. The zero-order valence-corrected chi connectivity index (χ0v) is 16.6. The van der Waals surface area contributed by atoms with Gasteiger partial charge < -0.3 is 16.0 Å². The number of nitrogens with zero attached hydrogens (tertiary/aromatic N) is 2. The Balaban J connectivity index is 1.50. The van der Waals surface area contributed by atoms with E-state index in [0.29, 0.717) is 10.8 Å². The van der Waals surface area contributed by atoms with Gasteiger partial charge in [0.15, 0.2) is 16.8 Å². The van der Waals surface area contributed by atoms with E-state index in [-0.39, 0.29) is 12.2 Å². The van der Waals surface area contributed by atoms with E-state index in [1.54, 1.807) is 24.5 Å². The summed E-state index contributed by atoms with van der Waals surface area (Å²) in [6, 6.07) is 9.58. The zero-order valence-electron chi connectivity index (χ0n) is 15.8. The van der Waals surface area contributed by atoms with Gasteiger partial charge in [-0.05, 0) is 60.6 Å². The fourth-order valence-corrected chi connectivity index (χ4v) is 3.20. The first kappa shape index (κ1) is 21.2. The Morgan fingerprint density at radius 2 is 1.77 bits per heavy atom. The van der Waals surface area contributed by atoms with Gasteiger partial charge in [-0.25, -0.2) is 23.5 Å². The molecule has 0 bridgehead atoms. The van der Waals surface area contributed by atoms with Gasteiger partial charge in [0.1, 0.15) is 0 Å². The van der Waals surface area contributed by atoms with Crippen molar-refractivity contribution in [3.05, 3.63) is 72.1 Å². The highest BCUT2D eigenvalue weighted by molar-refractivity contribution is 7.99. The van der Waals surface area contributed by atoms with Crippen LogP contribution >= 0.6 is 11.8 Å². The molecule has 7 nitrogen and oxygen atoms in total. The smallest absolute Gasteiger partial charge is 0.319 e. The second kappa shape index (κ2) is 9.79. The van der Waals surface area contributed by atoms with Crippen LogP contribution in [0.5, 0.6) is 0 Å². The molecule has 1 heterocycles. The summed E-state index contributed by atoms with van der Waals surface area (Å²) < 4.78 is 26.1. The molecule has 3 rings (SSSR count). The van der Waals surface area contributed by atoms with Crippen molar-refractivity contribution in [1.29, 1.82) is 0 Å². The maximum atomic E-state index is 13.2. The fraction of sp³-hybridized carbons (Fsp3) is 0.100. The molecule has 0 saturated carbocycles. The molecule has 0 spiro atoms. The summed E-state index contributed by atoms with van der Waals surface area (Å²) in [4.78, 5) is 33.1. The average Bonchev–Trinajstić information content (AvgIpc) is 2.72. The lowest BCUT2D eigenvalue weighted by Crippen LogP contribution is -2.35. The van der Waals surface area contributed by atoms with Crippen LogP contribution < -0.4 is 16.0 Å². The Bertz CT molecular complexity index is 1070. The van der Waals surface area contributed by atoms with Crippen molar-refractivity contribution < 1.29 is 18.4 Å². The number of anilines is 2. The van der Waals surface area contributed by atoms with Gasteiger partial charge in [-0.3, -0.25) is 4.79 Å². The molecule has 0 atom stereocenters. The summed E-state index contributed by atoms with van der Waals surface area (Å²) in [5.41, 5.74) is 1.48. The summed E-state index contributed by atoms with van der Waals surface area (Å²) in [6.45, 7) is 1.49. The van der Waals surface area contributed by atoms with Gasteiger partial charge in [0.25, 0.3) is 0 Å². The van der Waals surface area contributed by atoms with Gasteiger partial charge in [-0.1, -0.05) is 0 Å². The zero-order chi connectivity index (χ0) is 21.5. The molecule has 0 aliphatic rings. The summed E-state index contributed by atoms with van der Waals surface area (Å²) >= 11 is 1.39. The second-order valence-electron chi connectivity index (χ2n) is 6.09. The average molecular weight is 429 g/mol. The second-order valence-corrected chi connectivity index (χ2v) is 7.14.